The number of aromatic nitrogens is 2. The predicted octanol–water partition coefficient (Wildman–Crippen LogP) is 3.15. The maximum Gasteiger partial charge on any atom is 0.129 e. The van der Waals surface area contributed by atoms with Crippen LogP contribution in [0.4, 0.5) is 5.82 Å². The van der Waals surface area contributed by atoms with Crippen LogP contribution in [0.1, 0.15) is 11.3 Å². The lowest BCUT2D eigenvalue weighted by Crippen LogP contribution is -2.36. The molecule has 0 unspecified atom stereocenters. The fourth-order valence-electron chi connectivity index (χ4n) is 3.31. The SMILES string of the molecule is Cl.c1cc(CNCCc2c[nH]c3ccccc23)nc(N2CCOCC2)c1. The van der Waals surface area contributed by atoms with Gasteiger partial charge in [0.05, 0.1) is 18.9 Å². The maximum absolute atomic E-state index is 5.41. The molecule has 0 saturated carbocycles. The van der Waals surface area contributed by atoms with Crippen molar-refractivity contribution in [3.63, 3.8) is 0 Å². The predicted molar refractivity (Wildman–Crippen MR) is 108 cm³/mol. The van der Waals surface area contributed by atoms with E-state index in [4.69, 9.17) is 9.72 Å². The van der Waals surface area contributed by atoms with Gasteiger partial charge in [-0.2, -0.15) is 0 Å². The van der Waals surface area contributed by atoms with Gasteiger partial charge in [0.1, 0.15) is 5.82 Å². The minimum Gasteiger partial charge on any atom is -0.378 e. The number of hydrogen-bond donors (Lipinski definition) is 2. The maximum atomic E-state index is 5.41. The number of nitrogens with zero attached hydrogens (tertiary/aromatic N) is 2. The Kier molecular flexibility index (Phi) is 6.50. The Morgan fingerprint density at radius 2 is 1.92 bits per heavy atom. The first-order valence-electron chi connectivity index (χ1n) is 8.94. The minimum absolute atomic E-state index is 0. The van der Waals surface area contributed by atoms with E-state index in [0.29, 0.717) is 0 Å². The molecule has 3 aromatic rings. The second kappa shape index (κ2) is 9.03. The van der Waals surface area contributed by atoms with Gasteiger partial charge in [-0.1, -0.05) is 24.3 Å². The third-order valence-corrected chi connectivity index (χ3v) is 4.68. The second-order valence-electron chi connectivity index (χ2n) is 6.37. The largest absolute Gasteiger partial charge is 0.378 e. The summed E-state index contributed by atoms with van der Waals surface area (Å²) in [4.78, 5) is 10.4. The van der Waals surface area contributed by atoms with Crippen molar-refractivity contribution in [1.29, 1.82) is 0 Å². The van der Waals surface area contributed by atoms with Crippen molar-refractivity contribution < 1.29 is 4.74 Å². The van der Waals surface area contributed by atoms with Crippen LogP contribution in [0.2, 0.25) is 0 Å². The molecule has 6 heteroatoms. The molecule has 1 aromatic carbocycles. The second-order valence-corrected chi connectivity index (χ2v) is 6.37. The first kappa shape index (κ1) is 18.7. The third kappa shape index (κ3) is 4.36. The summed E-state index contributed by atoms with van der Waals surface area (Å²) in [6.07, 6.45) is 3.12. The average Bonchev–Trinajstić information content (AvgIpc) is 3.09. The van der Waals surface area contributed by atoms with E-state index in [0.717, 1.165) is 57.3 Å². The molecule has 1 saturated heterocycles. The highest BCUT2D eigenvalue weighted by Crippen LogP contribution is 2.18. The quantitative estimate of drug-likeness (QED) is 0.653. The molecule has 3 heterocycles. The highest BCUT2D eigenvalue weighted by atomic mass is 35.5. The van der Waals surface area contributed by atoms with Gasteiger partial charge in [0, 0.05) is 36.7 Å². The highest BCUT2D eigenvalue weighted by molar-refractivity contribution is 5.85. The van der Waals surface area contributed by atoms with Crippen molar-refractivity contribution in [1.82, 2.24) is 15.3 Å². The summed E-state index contributed by atoms with van der Waals surface area (Å²) >= 11 is 0. The summed E-state index contributed by atoms with van der Waals surface area (Å²) in [5.41, 5.74) is 3.65. The van der Waals surface area contributed by atoms with Gasteiger partial charge in [-0.05, 0) is 36.7 Å². The summed E-state index contributed by atoms with van der Waals surface area (Å²) in [6.45, 7) is 5.14. The number of para-hydroxylation sites is 1. The fraction of sp³-hybridized carbons (Fsp3) is 0.350. The molecule has 138 valence electrons. The molecule has 0 bridgehead atoms. The standard InChI is InChI=1S/C20H24N4O.ClH/c1-2-6-19-18(5-1)16(14-22-19)8-9-21-15-17-4-3-7-20(23-17)24-10-12-25-13-11-24;/h1-7,14,21-22H,8-13,15H2;1H. The summed E-state index contributed by atoms with van der Waals surface area (Å²) in [6, 6.07) is 14.7. The van der Waals surface area contributed by atoms with Crippen LogP contribution >= 0.6 is 12.4 Å². The summed E-state index contributed by atoms with van der Waals surface area (Å²) in [5.74, 6) is 1.05. The van der Waals surface area contributed by atoms with Gasteiger partial charge in [-0.3, -0.25) is 0 Å². The van der Waals surface area contributed by atoms with Gasteiger partial charge in [-0.25, -0.2) is 4.98 Å². The number of morpholine rings is 1. The Hall–Kier alpha value is -2.08. The van der Waals surface area contributed by atoms with Gasteiger partial charge >= 0.3 is 0 Å². The number of halogens is 1. The van der Waals surface area contributed by atoms with E-state index in [2.05, 4.69) is 63.9 Å². The number of ether oxygens (including phenoxy) is 1. The number of benzene rings is 1. The number of nitrogens with one attached hydrogen (secondary N) is 2. The van der Waals surface area contributed by atoms with E-state index in [-0.39, 0.29) is 12.4 Å². The number of hydrogen-bond acceptors (Lipinski definition) is 4. The highest BCUT2D eigenvalue weighted by Gasteiger charge is 2.12. The number of rotatable bonds is 6. The Balaban J connectivity index is 0.00000196. The number of fused-ring (bicyclic) bond motifs is 1. The van der Waals surface area contributed by atoms with E-state index >= 15 is 0 Å². The van der Waals surface area contributed by atoms with E-state index in [9.17, 15) is 0 Å². The molecule has 1 fully saturated rings. The molecule has 0 atom stereocenters. The normalized spacial score (nSPS) is 14.4. The van der Waals surface area contributed by atoms with Crippen LogP contribution in [0.25, 0.3) is 10.9 Å². The molecule has 2 aromatic heterocycles. The average molecular weight is 373 g/mol. The zero-order valence-corrected chi connectivity index (χ0v) is 15.6. The van der Waals surface area contributed by atoms with Gasteiger partial charge in [0.25, 0.3) is 0 Å². The number of aromatic amines is 1. The van der Waals surface area contributed by atoms with Crippen LogP contribution in [-0.2, 0) is 17.7 Å². The Bertz CT molecular complexity index is 829. The lowest BCUT2D eigenvalue weighted by molar-refractivity contribution is 0.122. The Morgan fingerprint density at radius 1 is 1.08 bits per heavy atom. The molecular formula is C20H25ClN4O. The smallest absolute Gasteiger partial charge is 0.129 e. The van der Waals surface area contributed by atoms with Crippen molar-refractivity contribution in [3.8, 4) is 0 Å². The first-order valence-corrected chi connectivity index (χ1v) is 8.94. The molecule has 26 heavy (non-hydrogen) atoms. The zero-order valence-electron chi connectivity index (χ0n) is 14.8. The van der Waals surface area contributed by atoms with Crippen molar-refractivity contribution in [2.24, 2.45) is 0 Å². The number of anilines is 1. The van der Waals surface area contributed by atoms with Crippen LogP contribution in [0.5, 0.6) is 0 Å². The molecule has 0 aliphatic carbocycles. The lowest BCUT2D eigenvalue weighted by Gasteiger charge is -2.28. The van der Waals surface area contributed by atoms with Gasteiger partial charge in [0.2, 0.25) is 0 Å². The molecule has 0 radical (unpaired) electrons. The topological polar surface area (TPSA) is 53.2 Å². The van der Waals surface area contributed by atoms with Gasteiger partial charge < -0.3 is 19.9 Å². The minimum atomic E-state index is 0. The van der Waals surface area contributed by atoms with E-state index < -0.39 is 0 Å². The molecule has 2 N–H and O–H groups in total. The number of pyridine rings is 1. The van der Waals surface area contributed by atoms with Crippen LogP contribution in [0.3, 0.4) is 0 Å². The van der Waals surface area contributed by atoms with Crippen molar-refractivity contribution in [3.05, 3.63) is 59.9 Å². The molecule has 4 rings (SSSR count). The monoisotopic (exact) mass is 372 g/mol. The van der Waals surface area contributed by atoms with Crippen LogP contribution in [0.15, 0.2) is 48.7 Å². The van der Waals surface area contributed by atoms with Gasteiger partial charge in [-0.15, -0.1) is 12.4 Å². The molecule has 1 aliphatic heterocycles. The van der Waals surface area contributed by atoms with Crippen molar-refractivity contribution >= 4 is 29.1 Å². The van der Waals surface area contributed by atoms with E-state index in [1.165, 1.54) is 16.5 Å². The summed E-state index contributed by atoms with van der Waals surface area (Å²) in [7, 11) is 0. The molecular weight excluding hydrogens is 348 g/mol. The molecule has 1 aliphatic rings. The van der Waals surface area contributed by atoms with Crippen LogP contribution in [-0.4, -0.2) is 42.8 Å². The van der Waals surface area contributed by atoms with Crippen molar-refractivity contribution in [2.45, 2.75) is 13.0 Å². The summed E-state index contributed by atoms with van der Waals surface area (Å²) in [5, 5.41) is 4.83. The number of H-pyrrole nitrogens is 1. The van der Waals surface area contributed by atoms with E-state index in [1.807, 2.05) is 0 Å². The zero-order chi connectivity index (χ0) is 16.9. The Labute approximate surface area is 160 Å². The lowest BCUT2D eigenvalue weighted by atomic mass is 10.1. The fourth-order valence-corrected chi connectivity index (χ4v) is 3.31. The van der Waals surface area contributed by atoms with Crippen LogP contribution < -0.4 is 10.2 Å². The van der Waals surface area contributed by atoms with Gasteiger partial charge in [0.15, 0.2) is 0 Å². The van der Waals surface area contributed by atoms with Crippen molar-refractivity contribution in [2.75, 3.05) is 37.7 Å². The first-order chi connectivity index (χ1) is 12.4. The van der Waals surface area contributed by atoms with E-state index in [1.54, 1.807) is 0 Å². The Morgan fingerprint density at radius 3 is 2.81 bits per heavy atom. The summed E-state index contributed by atoms with van der Waals surface area (Å²) < 4.78 is 5.41. The molecule has 0 spiro atoms. The molecule has 5 nitrogen and oxygen atoms in total. The van der Waals surface area contributed by atoms with Crippen LogP contribution in [0, 0.1) is 0 Å². The molecule has 0 amide bonds. The third-order valence-electron chi connectivity index (χ3n) is 4.68.